The van der Waals surface area contributed by atoms with E-state index in [1.165, 1.54) is 69.4 Å². The third-order valence-corrected chi connectivity index (χ3v) is 5.05. The van der Waals surface area contributed by atoms with Gasteiger partial charge in [0.15, 0.2) is 0 Å². The van der Waals surface area contributed by atoms with E-state index in [2.05, 4.69) is 25.6 Å². The molecule has 0 radical (unpaired) electrons. The van der Waals surface area contributed by atoms with Gasteiger partial charge < -0.3 is 4.74 Å². The van der Waals surface area contributed by atoms with Crippen molar-refractivity contribution in [1.82, 2.24) is 0 Å². The van der Waals surface area contributed by atoms with Crippen LogP contribution in [0.15, 0.2) is 36.9 Å². The van der Waals surface area contributed by atoms with E-state index in [0.29, 0.717) is 11.7 Å². The molecule has 1 saturated carbocycles. The molecule has 0 saturated heterocycles. The van der Waals surface area contributed by atoms with Gasteiger partial charge in [-0.05, 0) is 55.2 Å². The van der Waals surface area contributed by atoms with Crippen molar-refractivity contribution in [3.05, 3.63) is 42.5 Å². The van der Waals surface area contributed by atoms with E-state index in [0.717, 1.165) is 5.92 Å². The van der Waals surface area contributed by atoms with Crippen LogP contribution in [0.1, 0.15) is 76.2 Å². The van der Waals surface area contributed by atoms with Gasteiger partial charge in [-0.2, -0.15) is 0 Å². The van der Waals surface area contributed by atoms with Gasteiger partial charge in [-0.1, -0.05) is 57.7 Å². The summed E-state index contributed by atoms with van der Waals surface area (Å²) in [6.45, 7) is 5.68. The molecule has 0 aromatic heterocycles. The number of unbranched alkanes of at least 4 members (excludes halogenated alkanes) is 3. The minimum absolute atomic E-state index is 0.402. The summed E-state index contributed by atoms with van der Waals surface area (Å²) in [5, 5.41) is 0. The zero-order chi connectivity index (χ0) is 16.5. The molecule has 0 N–H and O–H groups in total. The van der Waals surface area contributed by atoms with E-state index in [1.54, 1.807) is 0 Å². The monoisotopic (exact) mass is 314 g/mol. The Morgan fingerprint density at radius 1 is 1.13 bits per heavy atom. The first-order valence-corrected chi connectivity index (χ1v) is 9.17. The molecular weight excluding hydrogens is 284 g/mol. The standard InChI is InChI=1S/C21H30O2/c1-3-5-6-7-8-17-9-11-18(12-10-17)19-13-15-20(16-14-19)23-21(22)4-2/h4,13-18H,2-3,5-12H2,1H3. The summed E-state index contributed by atoms with van der Waals surface area (Å²) in [7, 11) is 0. The molecule has 2 heteroatoms. The highest BCUT2D eigenvalue weighted by Crippen LogP contribution is 2.38. The minimum Gasteiger partial charge on any atom is -0.423 e. The minimum atomic E-state index is -0.402. The van der Waals surface area contributed by atoms with Crippen molar-refractivity contribution >= 4 is 5.97 Å². The maximum Gasteiger partial charge on any atom is 0.335 e. The normalized spacial score (nSPS) is 20.9. The van der Waals surface area contributed by atoms with Crippen molar-refractivity contribution in [2.24, 2.45) is 5.92 Å². The summed E-state index contributed by atoms with van der Waals surface area (Å²) in [6, 6.07) is 8.01. The van der Waals surface area contributed by atoms with E-state index in [9.17, 15) is 4.79 Å². The van der Waals surface area contributed by atoms with Crippen LogP contribution >= 0.6 is 0 Å². The average molecular weight is 314 g/mol. The Balaban J connectivity index is 1.76. The summed E-state index contributed by atoms with van der Waals surface area (Å²) in [5.41, 5.74) is 1.38. The Morgan fingerprint density at radius 2 is 1.83 bits per heavy atom. The van der Waals surface area contributed by atoms with Crippen molar-refractivity contribution in [2.75, 3.05) is 0 Å². The average Bonchev–Trinajstić information content (AvgIpc) is 2.60. The molecule has 2 rings (SSSR count). The molecular formula is C21H30O2. The number of hydrogen-bond acceptors (Lipinski definition) is 2. The first-order chi connectivity index (χ1) is 11.2. The lowest BCUT2D eigenvalue weighted by Gasteiger charge is -2.29. The Morgan fingerprint density at radius 3 is 2.43 bits per heavy atom. The Kier molecular flexibility index (Phi) is 7.38. The molecule has 23 heavy (non-hydrogen) atoms. The SMILES string of the molecule is C=CC(=O)Oc1ccc(C2CCC(CCCCCC)CC2)cc1. The highest BCUT2D eigenvalue weighted by Gasteiger charge is 2.22. The van der Waals surface area contributed by atoms with Crippen LogP contribution in [0.3, 0.4) is 0 Å². The van der Waals surface area contributed by atoms with Crippen LogP contribution in [0.4, 0.5) is 0 Å². The maximum absolute atomic E-state index is 11.2. The molecule has 1 fully saturated rings. The Bertz CT molecular complexity index is 481. The van der Waals surface area contributed by atoms with Crippen LogP contribution in [0.5, 0.6) is 5.75 Å². The zero-order valence-corrected chi connectivity index (χ0v) is 14.4. The smallest absolute Gasteiger partial charge is 0.335 e. The number of rotatable bonds is 8. The molecule has 2 nitrogen and oxygen atoms in total. The summed E-state index contributed by atoms with van der Waals surface area (Å²) in [6.07, 6.45) is 13.5. The molecule has 0 unspecified atom stereocenters. The maximum atomic E-state index is 11.2. The van der Waals surface area contributed by atoms with Crippen molar-refractivity contribution in [2.45, 2.75) is 70.6 Å². The van der Waals surface area contributed by atoms with Gasteiger partial charge in [-0.15, -0.1) is 0 Å². The van der Waals surface area contributed by atoms with E-state index < -0.39 is 5.97 Å². The molecule has 0 bridgehead atoms. The first kappa shape index (κ1) is 17.8. The number of esters is 1. The van der Waals surface area contributed by atoms with Gasteiger partial charge in [0.05, 0.1) is 0 Å². The van der Waals surface area contributed by atoms with Gasteiger partial charge in [0.2, 0.25) is 0 Å². The van der Waals surface area contributed by atoms with Crippen molar-refractivity contribution in [3.8, 4) is 5.75 Å². The molecule has 0 amide bonds. The van der Waals surface area contributed by atoms with Crippen molar-refractivity contribution < 1.29 is 9.53 Å². The Hall–Kier alpha value is -1.57. The van der Waals surface area contributed by atoms with Gasteiger partial charge in [0.25, 0.3) is 0 Å². The van der Waals surface area contributed by atoms with E-state index >= 15 is 0 Å². The lowest BCUT2D eigenvalue weighted by atomic mass is 9.77. The van der Waals surface area contributed by atoms with Crippen LogP contribution in [0.25, 0.3) is 0 Å². The van der Waals surface area contributed by atoms with Gasteiger partial charge in [0.1, 0.15) is 5.75 Å². The summed E-state index contributed by atoms with van der Waals surface area (Å²) in [5.74, 6) is 1.81. The van der Waals surface area contributed by atoms with Crippen LogP contribution in [-0.2, 0) is 4.79 Å². The first-order valence-electron chi connectivity index (χ1n) is 9.17. The van der Waals surface area contributed by atoms with Gasteiger partial charge in [-0.3, -0.25) is 0 Å². The topological polar surface area (TPSA) is 26.3 Å². The van der Waals surface area contributed by atoms with E-state index in [1.807, 2.05) is 12.1 Å². The molecule has 1 aromatic rings. The van der Waals surface area contributed by atoms with Crippen LogP contribution < -0.4 is 4.74 Å². The molecule has 1 aliphatic carbocycles. The fourth-order valence-corrected chi connectivity index (χ4v) is 3.61. The molecule has 0 atom stereocenters. The second kappa shape index (κ2) is 9.54. The van der Waals surface area contributed by atoms with Crippen LogP contribution in [0, 0.1) is 5.92 Å². The zero-order valence-electron chi connectivity index (χ0n) is 14.4. The van der Waals surface area contributed by atoms with Crippen LogP contribution in [0.2, 0.25) is 0 Å². The van der Waals surface area contributed by atoms with Crippen molar-refractivity contribution in [3.63, 3.8) is 0 Å². The largest absolute Gasteiger partial charge is 0.423 e. The lowest BCUT2D eigenvalue weighted by Crippen LogP contribution is -2.13. The third-order valence-electron chi connectivity index (χ3n) is 5.05. The quantitative estimate of drug-likeness (QED) is 0.254. The number of hydrogen-bond donors (Lipinski definition) is 0. The summed E-state index contributed by atoms with van der Waals surface area (Å²) >= 11 is 0. The van der Waals surface area contributed by atoms with E-state index in [4.69, 9.17) is 4.74 Å². The molecule has 0 aliphatic heterocycles. The predicted octanol–water partition coefficient (Wildman–Crippen LogP) is 6.02. The number of carbonyl (C=O) groups excluding carboxylic acids is 1. The lowest BCUT2D eigenvalue weighted by molar-refractivity contribution is -0.128. The molecule has 1 aliphatic rings. The molecule has 0 spiro atoms. The third kappa shape index (κ3) is 5.85. The highest BCUT2D eigenvalue weighted by molar-refractivity contribution is 5.83. The fourth-order valence-electron chi connectivity index (χ4n) is 3.61. The molecule has 1 aromatic carbocycles. The van der Waals surface area contributed by atoms with E-state index in [-0.39, 0.29) is 0 Å². The number of carbonyl (C=O) groups is 1. The number of ether oxygens (including phenoxy) is 1. The summed E-state index contributed by atoms with van der Waals surface area (Å²) < 4.78 is 5.13. The van der Waals surface area contributed by atoms with Gasteiger partial charge >= 0.3 is 5.97 Å². The van der Waals surface area contributed by atoms with Crippen molar-refractivity contribution in [1.29, 1.82) is 0 Å². The van der Waals surface area contributed by atoms with Gasteiger partial charge in [0, 0.05) is 6.08 Å². The predicted molar refractivity (Wildman–Crippen MR) is 95.7 cm³/mol. The van der Waals surface area contributed by atoms with Crippen LogP contribution in [-0.4, -0.2) is 5.97 Å². The van der Waals surface area contributed by atoms with Gasteiger partial charge in [-0.25, -0.2) is 4.79 Å². The second-order valence-electron chi connectivity index (χ2n) is 6.76. The molecule has 0 heterocycles. The molecule has 126 valence electrons. The highest BCUT2D eigenvalue weighted by atomic mass is 16.5. The number of benzene rings is 1. The summed E-state index contributed by atoms with van der Waals surface area (Å²) in [4.78, 5) is 11.2. The second-order valence-corrected chi connectivity index (χ2v) is 6.76. The fraction of sp³-hybridized carbons (Fsp3) is 0.571. The Labute approximate surface area is 140 Å².